The number of nitrogens with one attached hydrogen (secondary N) is 1. The Morgan fingerprint density at radius 2 is 1.92 bits per heavy atom. The van der Waals surface area contributed by atoms with Gasteiger partial charge in [-0.2, -0.15) is 5.26 Å². The quantitative estimate of drug-likeness (QED) is 0.818. The Morgan fingerprint density at radius 1 is 1.21 bits per heavy atom. The van der Waals surface area contributed by atoms with E-state index in [1.165, 1.54) is 5.56 Å². The minimum Gasteiger partial charge on any atom is -0.325 e. The Morgan fingerprint density at radius 3 is 2.54 bits per heavy atom. The van der Waals surface area contributed by atoms with Crippen LogP contribution in [0.15, 0.2) is 42.5 Å². The van der Waals surface area contributed by atoms with Crippen molar-refractivity contribution in [2.45, 2.75) is 32.4 Å². The van der Waals surface area contributed by atoms with Crippen molar-refractivity contribution in [3.8, 4) is 6.07 Å². The predicted molar refractivity (Wildman–Crippen MR) is 101 cm³/mol. The van der Waals surface area contributed by atoms with E-state index in [0.717, 1.165) is 22.6 Å². The fourth-order valence-electron chi connectivity index (χ4n) is 2.45. The summed E-state index contributed by atoms with van der Waals surface area (Å²) in [6, 6.07) is 15.7. The maximum Gasteiger partial charge on any atom is 0.234 e. The van der Waals surface area contributed by atoms with Gasteiger partial charge in [0.25, 0.3) is 0 Å². The van der Waals surface area contributed by atoms with Crippen molar-refractivity contribution in [1.82, 2.24) is 0 Å². The highest BCUT2D eigenvalue weighted by atomic mass is 32.2. The number of carbonyl (C=O) groups is 1. The number of para-hydroxylation sites is 1. The van der Waals surface area contributed by atoms with Crippen molar-refractivity contribution in [1.29, 1.82) is 5.26 Å². The number of nitriles is 1. The molecule has 24 heavy (non-hydrogen) atoms. The van der Waals surface area contributed by atoms with Gasteiger partial charge >= 0.3 is 0 Å². The third-order valence-electron chi connectivity index (χ3n) is 3.78. The van der Waals surface area contributed by atoms with Crippen LogP contribution in [-0.4, -0.2) is 11.7 Å². The fraction of sp³-hybridized carbons (Fsp3) is 0.300. The largest absolute Gasteiger partial charge is 0.325 e. The lowest BCUT2D eigenvalue weighted by Gasteiger charge is -2.16. The van der Waals surface area contributed by atoms with Gasteiger partial charge < -0.3 is 5.32 Å². The van der Waals surface area contributed by atoms with Gasteiger partial charge in [-0.25, -0.2) is 0 Å². The van der Waals surface area contributed by atoms with Crippen LogP contribution in [0.25, 0.3) is 0 Å². The zero-order valence-corrected chi connectivity index (χ0v) is 15.1. The van der Waals surface area contributed by atoms with Crippen molar-refractivity contribution < 1.29 is 4.79 Å². The summed E-state index contributed by atoms with van der Waals surface area (Å²) in [5.74, 6) is 1.55. The number of hydrogen-bond donors (Lipinski definition) is 1. The van der Waals surface area contributed by atoms with Crippen molar-refractivity contribution >= 4 is 23.4 Å². The molecule has 0 saturated heterocycles. The Kier molecular flexibility index (Phi) is 6.45. The van der Waals surface area contributed by atoms with Gasteiger partial charge in [-0.15, -0.1) is 11.8 Å². The lowest BCUT2D eigenvalue weighted by atomic mass is 9.98. The maximum absolute atomic E-state index is 12.3. The summed E-state index contributed by atoms with van der Waals surface area (Å²) in [5.41, 5.74) is 4.97. The molecule has 0 radical (unpaired) electrons. The highest BCUT2D eigenvalue weighted by molar-refractivity contribution is 7.99. The molecule has 2 aromatic rings. The van der Waals surface area contributed by atoms with E-state index in [9.17, 15) is 4.79 Å². The Labute approximate surface area is 148 Å². The number of aryl methyl sites for hydroxylation is 1. The number of amides is 1. The lowest BCUT2D eigenvalue weighted by molar-refractivity contribution is -0.113. The second-order valence-electron chi connectivity index (χ2n) is 6.04. The maximum atomic E-state index is 12.3. The Hall–Kier alpha value is -2.25. The van der Waals surface area contributed by atoms with E-state index in [1.807, 2.05) is 31.2 Å². The van der Waals surface area contributed by atoms with Crippen LogP contribution in [0.5, 0.6) is 0 Å². The number of anilines is 1. The smallest absolute Gasteiger partial charge is 0.234 e. The van der Waals surface area contributed by atoms with Gasteiger partial charge in [-0.05, 0) is 41.7 Å². The summed E-state index contributed by atoms with van der Waals surface area (Å²) in [7, 11) is 0. The lowest BCUT2D eigenvalue weighted by Crippen LogP contribution is -2.16. The molecule has 4 heteroatoms. The van der Waals surface area contributed by atoms with E-state index in [1.54, 1.807) is 23.9 Å². The molecule has 0 bridgehead atoms. The summed E-state index contributed by atoms with van der Waals surface area (Å²) in [6.45, 7) is 6.28. The van der Waals surface area contributed by atoms with Crippen molar-refractivity contribution in [3.05, 3.63) is 64.7 Å². The average Bonchev–Trinajstić information content (AvgIpc) is 2.57. The van der Waals surface area contributed by atoms with E-state index in [4.69, 9.17) is 5.26 Å². The summed E-state index contributed by atoms with van der Waals surface area (Å²) < 4.78 is 0. The molecule has 0 atom stereocenters. The summed E-state index contributed by atoms with van der Waals surface area (Å²) >= 11 is 1.57. The van der Waals surface area contributed by atoms with Crippen LogP contribution < -0.4 is 5.32 Å². The first-order chi connectivity index (χ1) is 11.5. The number of carbonyl (C=O) groups excluding carboxylic acids is 1. The van der Waals surface area contributed by atoms with Gasteiger partial charge in [0, 0.05) is 11.4 Å². The minimum atomic E-state index is 0.0184. The molecule has 1 N–H and O–H groups in total. The molecule has 0 aliphatic rings. The standard InChI is InChI=1S/C20H22N2OS/c1-14(2)18-6-4-5-15(3)20(18)22-19(23)13-24-12-17-9-7-16(11-21)8-10-17/h4-10,14H,12-13H2,1-3H3,(H,22,23). The van der Waals surface area contributed by atoms with E-state index >= 15 is 0 Å². The molecule has 3 nitrogen and oxygen atoms in total. The van der Waals surface area contributed by atoms with Gasteiger partial charge in [-0.1, -0.05) is 44.2 Å². The number of benzene rings is 2. The van der Waals surface area contributed by atoms with Crippen LogP contribution in [0.2, 0.25) is 0 Å². The summed E-state index contributed by atoms with van der Waals surface area (Å²) in [6.07, 6.45) is 0. The average molecular weight is 338 g/mol. The third-order valence-corrected chi connectivity index (χ3v) is 4.78. The molecular formula is C20H22N2OS. The van der Waals surface area contributed by atoms with Gasteiger partial charge in [0.05, 0.1) is 17.4 Å². The predicted octanol–water partition coefficient (Wildman–Crippen LogP) is 4.86. The number of hydrogen-bond acceptors (Lipinski definition) is 3. The summed E-state index contributed by atoms with van der Waals surface area (Å²) in [5, 5.41) is 11.9. The molecule has 0 aromatic heterocycles. The van der Waals surface area contributed by atoms with Crippen LogP contribution in [0, 0.1) is 18.3 Å². The van der Waals surface area contributed by atoms with Crippen LogP contribution in [0.1, 0.15) is 42.0 Å². The molecule has 0 fully saturated rings. The third kappa shape index (κ3) is 4.87. The van der Waals surface area contributed by atoms with Gasteiger partial charge in [0.15, 0.2) is 0 Å². The summed E-state index contributed by atoms with van der Waals surface area (Å²) in [4.78, 5) is 12.3. The van der Waals surface area contributed by atoms with E-state index < -0.39 is 0 Å². The molecule has 0 saturated carbocycles. The van der Waals surface area contributed by atoms with Crippen LogP contribution in [0.4, 0.5) is 5.69 Å². The monoisotopic (exact) mass is 338 g/mol. The van der Waals surface area contributed by atoms with E-state index in [-0.39, 0.29) is 5.91 Å². The second kappa shape index (κ2) is 8.56. The molecule has 0 aliphatic carbocycles. The molecule has 0 heterocycles. The van der Waals surface area contributed by atoms with Crippen molar-refractivity contribution in [2.75, 3.05) is 11.1 Å². The zero-order valence-electron chi connectivity index (χ0n) is 14.3. The highest BCUT2D eigenvalue weighted by Crippen LogP contribution is 2.27. The molecule has 0 aliphatic heterocycles. The molecule has 124 valence electrons. The molecule has 0 unspecified atom stereocenters. The van der Waals surface area contributed by atoms with Gasteiger partial charge in [0.2, 0.25) is 5.91 Å². The van der Waals surface area contributed by atoms with Gasteiger partial charge in [0.1, 0.15) is 0 Å². The molecule has 0 spiro atoms. The molecule has 1 amide bonds. The first kappa shape index (κ1) is 18.1. The first-order valence-corrected chi connectivity index (χ1v) is 9.13. The van der Waals surface area contributed by atoms with Crippen LogP contribution >= 0.6 is 11.8 Å². The topological polar surface area (TPSA) is 52.9 Å². The molecule has 2 rings (SSSR count). The second-order valence-corrected chi connectivity index (χ2v) is 7.03. The SMILES string of the molecule is Cc1cccc(C(C)C)c1NC(=O)CSCc1ccc(C#N)cc1. The van der Waals surface area contributed by atoms with Gasteiger partial charge in [-0.3, -0.25) is 4.79 Å². The van der Waals surface area contributed by atoms with Crippen LogP contribution in [-0.2, 0) is 10.5 Å². The Bertz CT molecular complexity index is 745. The van der Waals surface area contributed by atoms with E-state index in [2.05, 4.69) is 31.3 Å². The zero-order chi connectivity index (χ0) is 17.5. The van der Waals surface area contributed by atoms with Crippen molar-refractivity contribution in [2.24, 2.45) is 0 Å². The van der Waals surface area contributed by atoms with E-state index in [0.29, 0.717) is 17.2 Å². The Balaban J connectivity index is 1.91. The molecular weight excluding hydrogens is 316 g/mol. The first-order valence-electron chi connectivity index (χ1n) is 7.97. The van der Waals surface area contributed by atoms with Crippen LogP contribution in [0.3, 0.4) is 0 Å². The van der Waals surface area contributed by atoms with Crippen molar-refractivity contribution in [3.63, 3.8) is 0 Å². The minimum absolute atomic E-state index is 0.0184. The normalized spacial score (nSPS) is 10.5. The number of thioether (sulfide) groups is 1. The number of nitrogens with zero attached hydrogens (tertiary/aromatic N) is 1. The molecule has 2 aromatic carbocycles. The number of rotatable bonds is 6. The highest BCUT2D eigenvalue weighted by Gasteiger charge is 2.12. The fourth-order valence-corrected chi connectivity index (χ4v) is 3.24.